The normalized spacial score (nSPS) is 15.1. The number of pyridine rings is 2. The minimum Gasteiger partial charge on any atom is -0.481 e. The summed E-state index contributed by atoms with van der Waals surface area (Å²) in [6.07, 6.45) is 4.30. The van der Waals surface area contributed by atoms with E-state index in [0.717, 1.165) is 37.8 Å². The second-order valence-corrected chi connectivity index (χ2v) is 7.73. The van der Waals surface area contributed by atoms with Crippen molar-refractivity contribution in [2.24, 2.45) is 0 Å². The van der Waals surface area contributed by atoms with E-state index in [9.17, 15) is 9.18 Å². The van der Waals surface area contributed by atoms with Crippen LogP contribution in [0.3, 0.4) is 0 Å². The number of methoxy groups -OCH3 is 2. The molecule has 0 saturated carbocycles. The van der Waals surface area contributed by atoms with Gasteiger partial charge in [-0.3, -0.25) is 15.2 Å². The third-order valence-electron chi connectivity index (χ3n) is 5.78. The summed E-state index contributed by atoms with van der Waals surface area (Å²) in [4.78, 5) is 34.3. The van der Waals surface area contributed by atoms with Crippen LogP contribution in [0.25, 0.3) is 11.3 Å². The maximum Gasteiger partial charge on any atom is 0.328 e. The molecule has 3 aliphatic rings. The van der Waals surface area contributed by atoms with Gasteiger partial charge in [-0.15, -0.1) is 0 Å². The minimum absolute atomic E-state index is 0.0403. The van der Waals surface area contributed by atoms with Gasteiger partial charge in [-0.25, -0.2) is 14.2 Å². The number of hydrogen-bond acceptors (Lipinski definition) is 8. The lowest BCUT2D eigenvalue weighted by atomic mass is 10.1. The van der Waals surface area contributed by atoms with Crippen LogP contribution in [0.4, 0.5) is 26.5 Å². The molecular formula is C22H22FN7O3. The maximum atomic E-state index is 13.8. The van der Waals surface area contributed by atoms with Crippen LogP contribution in [0.1, 0.15) is 12.8 Å². The van der Waals surface area contributed by atoms with Crippen LogP contribution in [-0.2, 0) is 0 Å². The number of anilines is 3. The summed E-state index contributed by atoms with van der Waals surface area (Å²) >= 11 is 0. The number of carbonyl (C=O) groups is 1. The molecule has 0 spiro atoms. The van der Waals surface area contributed by atoms with E-state index in [-0.39, 0.29) is 29.8 Å². The van der Waals surface area contributed by atoms with Gasteiger partial charge in [-0.1, -0.05) is 0 Å². The number of aromatic nitrogens is 4. The first-order valence-electron chi connectivity index (χ1n) is 10.5. The highest BCUT2D eigenvalue weighted by atomic mass is 19.1. The van der Waals surface area contributed by atoms with Crippen molar-refractivity contribution in [3.05, 3.63) is 42.5 Å². The topological polar surface area (TPSA) is 106 Å². The maximum absolute atomic E-state index is 13.8. The second kappa shape index (κ2) is 8.49. The first-order valence-corrected chi connectivity index (χ1v) is 10.5. The van der Waals surface area contributed by atoms with E-state index in [1.165, 1.54) is 26.4 Å². The van der Waals surface area contributed by atoms with Crippen LogP contribution in [0.5, 0.6) is 11.9 Å². The summed E-state index contributed by atoms with van der Waals surface area (Å²) in [5.74, 6) is 0.575. The average Bonchev–Trinajstić information content (AvgIpc) is 3.09. The van der Waals surface area contributed by atoms with Crippen molar-refractivity contribution in [1.29, 1.82) is 0 Å². The number of urea groups is 1. The number of fused-ring (bicyclic) bond motifs is 2. The van der Waals surface area contributed by atoms with Gasteiger partial charge in [0.1, 0.15) is 11.6 Å². The van der Waals surface area contributed by atoms with Crippen LogP contribution >= 0.6 is 0 Å². The molecule has 1 saturated heterocycles. The van der Waals surface area contributed by atoms with E-state index < -0.39 is 5.82 Å². The Morgan fingerprint density at radius 2 is 1.91 bits per heavy atom. The van der Waals surface area contributed by atoms with Crippen LogP contribution in [0.15, 0.2) is 36.7 Å². The van der Waals surface area contributed by atoms with E-state index in [1.54, 1.807) is 11.1 Å². The number of halogens is 1. The molecule has 0 radical (unpaired) electrons. The smallest absolute Gasteiger partial charge is 0.328 e. The van der Waals surface area contributed by atoms with Gasteiger partial charge in [0.05, 0.1) is 31.8 Å². The molecule has 6 rings (SSSR count). The Hall–Kier alpha value is -4.02. The fourth-order valence-electron chi connectivity index (χ4n) is 4.21. The Bertz CT molecular complexity index is 1180. The van der Waals surface area contributed by atoms with Gasteiger partial charge in [0, 0.05) is 37.0 Å². The predicted molar refractivity (Wildman–Crippen MR) is 119 cm³/mol. The molecule has 3 aliphatic heterocycles. The number of nitrogens with zero attached hydrogens (tertiary/aromatic N) is 6. The van der Waals surface area contributed by atoms with Crippen molar-refractivity contribution in [2.45, 2.75) is 18.9 Å². The Morgan fingerprint density at radius 1 is 1.09 bits per heavy atom. The molecule has 6 heterocycles. The second-order valence-electron chi connectivity index (χ2n) is 7.73. The number of carbonyl (C=O) groups excluding carboxylic acids is 1. The van der Waals surface area contributed by atoms with Crippen molar-refractivity contribution in [3.63, 3.8) is 0 Å². The number of amides is 2. The predicted octanol–water partition coefficient (Wildman–Crippen LogP) is 3.11. The van der Waals surface area contributed by atoms with Gasteiger partial charge in [0.15, 0.2) is 5.82 Å². The summed E-state index contributed by atoms with van der Waals surface area (Å²) in [5.41, 5.74) is 1.93. The quantitative estimate of drug-likeness (QED) is 0.645. The van der Waals surface area contributed by atoms with Gasteiger partial charge in [-0.2, -0.15) is 9.97 Å². The molecule has 170 valence electrons. The summed E-state index contributed by atoms with van der Waals surface area (Å²) < 4.78 is 24.0. The van der Waals surface area contributed by atoms with Crippen LogP contribution in [-0.4, -0.2) is 59.3 Å². The monoisotopic (exact) mass is 451 g/mol. The molecule has 2 amide bonds. The Labute approximate surface area is 189 Å². The van der Waals surface area contributed by atoms with Gasteiger partial charge in [-0.05, 0) is 31.0 Å². The van der Waals surface area contributed by atoms with Gasteiger partial charge in [0.25, 0.3) is 0 Å². The molecule has 11 heteroatoms. The molecule has 1 fully saturated rings. The van der Waals surface area contributed by atoms with E-state index in [0.29, 0.717) is 17.1 Å². The van der Waals surface area contributed by atoms with Crippen molar-refractivity contribution >= 4 is 23.4 Å². The van der Waals surface area contributed by atoms with E-state index >= 15 is 0 Å². The highest BCUT2D eigenvalue weighted by Crippen LogP contribution is 2.39. The Balaban J connectivity index is 1.54. The SMILES string of the molecule is COc1cc(NC(=O)N2c3nc(-c4cncc(F)c4)ccc3N3CCC2CC3)nc(OC)n1. The molecule has 3 aromatic rings. The molecule has 3 aromatic heterocycles. The number of ether oxygens (including phenoxy) is 2. The van der Waals surface area contributed by atoms with Gasteiger partial charge < -0.3 is 14.4 Å². The first-order chi connectivity index (χ1) is 16.1. The molecule has 0 aliphatic carbocycles. The molecule has 0 aromatic carbocycles. The third kappa shape index (κ3) is 3.97. The van der Waals surface area contributed by atoms with Crippen LogP contribution in [0.2, 0.25) is 0 Å². The van der Waals surface area contributed by atoms with E-state index in [2.05, 4.69) is 25.2 Å². The zero-order valence-electron chi connectivity index (χ0n) is 18.2. The number of rotatable bonds is 4. The minimum atomic E-state index is -0.450. The highest BCUT2D eigenvalue weighted by molar-refractivity contribution is 6.03. The third-order valence-corrected chi connectivity index (χ3v) is 5.78. The Morgan fingerprint density at radius 3 is 2.64 bits per heavy atom. The van der Waals surface area contributed by atoms with Crippen molar-refractivity contribution in [1.82, 2.24) is 19.9 Å². The number of hydrogen-bond donors (Lipinski definition) is 1. The van der Waals surface area contributed by atoms with E-state index in [1.807, 2.05) is 12.1 Å². The van der Waals surface area contributed by atoms with Crippen molar-refractivity contribution in [3.8, 4) is 23.1 Å². The summed E-state index contributed by atoms with van der Waals surface area (Å²) in [5, 5.41) is 2.83. The first kappa shape index (κ1) is 20.9. The van der Waals surface area contributed by atoms with Crippen molar-refractivity contribution < 1.29 is 18.7 Å². The van der Waals surface area contributed by atoms with Crippen LogP contribution in [0, 0.1) is 5.82 Å². The Kier molecular flexibility index (Phi) is 5.37. The molecule has 2 bridgehead atoms. The lowest BCUT2D eigenvalue weighted by Gasteiger charge is -2.31. The lowest BCUT2D eigenvalue weighted by molar-refractivity contribution is 0.253. The summed E-state index contributed by atoms with van der Waals surface area (Å²) in [7, 11) is 2.91. The summed E-state index contributed by atoms with van der Waals surface area (Å²) in [6.45, 7) is 1.64. The lowest BCUT2D eigenvalue weighted by Crippen LogP contribution is -2.46. The fraction of sp³-hybridized carbons (Fsp3) is 0.318. The molecule has 0 unspecified atom stereocenters. The van der Waals surface area contributed by atoms with Crippen LogP contribution < -0.4 is 24.6 Å². The molecule has 10 nitrogen and oxygen atoms in total. The fourth-order valence-corrected chi connectivity index (χ4v) is 4.21. The van der Waals surface area contributed by atoms with Gasteiger partial charge in [0.2, 0.25) is 5.88 Å². The zero-order valence-corrected chi connectivity index (χ0v) is 18.2. The molecule has 0 atom stereocenters. The average molecular weight is 451 g/mol. The number of piperidine rings is 1. The van der Waals surface area contributed by atoms with Gasteiger partial charge >= 0.3 is 12.0 Å². The largest absolute Gasteiger partial charge is 0.481 e. The summed E-state index contributed by atoms with van der Waals surface area (Å²) in [6, 6.07) is 6.29. The molecule has 33 heavy (non-hydrogen) atoms. The standard InChI is InChI=1S/C22H22FN7O3/c1-32-19-10-18(26-21(28-19)33-2)27-22(31)30-15-5-7-29(8-6-15)17-4-3-16(25-20(17)30)13-9-14(23)12-24-11-13/h3-4,9-12,15H,5-8H2,1-2H3,(H,26,27,28,31). The van der Waals surface area contributed by atoms with Crippen molar-refractivity contribution in [2.75, 3.05) is 42.4 Å². The zero-order chi connectivity index (χ0) is 22.9. The van der Waals surface area contributed by atoms with E-state index in [4.69, 9.17) is 14.5 Å². The molecular weight excluding hydrogens is 429 g/mol. The number of nitrogens with one attached hydrogen (secondary N) is 1. The highest BCUT2D eigenvalue weighted by Gasteiger charge is 2.37. The molecule has 1 N–H and O–H groups in total.